The van der Waals surface area contributed by atoms with Gasteiger partial charge in [-0.1, -0.05) is 11.6 Å². The van der Waals surface area contributed by atoms with Gasteiger partial charge in [0.05, 0.1) is 11.5 Å². The van der Waals surface area contributed by atoms with Gasteiger partial charge in [0.25, 0.3) is 15.9 Å². The largest absolute Gasteiger partial charge is 0.494 e. The molecule has 0 spiro atoms. The molecule has 0 unspecified atom stereocenters. The molecule has 140 valence electrons. The number of nitrogens with one attached hydrogen (secondary N) is 2. The van der Waals surface area contributed by atoms with E-state index in [0.29, 0.717) is 23.1 Å². The molecule has 0 saturated carbocycles. The molecular formula is C17H19ClN2O5S. The molecule has 2 aromatic carbocycles. The second kappa shape index (κ2) is 8.88. The monoisotopic (exact) mass is 398 g/mol. The SMILES string of the molecule is CCOc1ccc(O[C@@H](C)C(=O)NNS(=O)(=O)c2ccc(Cl)cc2)cc1. The van der Waals surface area contributed by atoms with Crippen molar-refractivity contribution in [2.24, 2.45) is 0 Å². The Balaban J connectivity index is 1.91. The van der Waals surface area contributed by atoms with Crippen molar-refractivity contribution in [3.05, 3.63) is 53.6 Å². The molecular weight excluding hydrogens is 380 g/mol. The molecule has 0 radical (unpaired) electrons. The molecule has 0 aromatic heterocycles. The molecule has 1 atom stereocenters. The first-order valence-electron chi connectivity index (χ1n) is 7.78. The van der Waals surface area contributed by atoms with Crippen molar-refractivity contribution < 1.29 is 22.7 Å². The molecule has 2 N–H and O–H groups in total. The topological polar surface area (TPSA) is 93.7 Å². The lowest BCUT2D eigenvalue weighted by atomic mass is 10.3. The number of hydrogen-bond acceptors (Lipinski definition) is 5. The average Bonchev–Trinajstić information content (AvgIpc) is 2.62. The van der Waals surface area contributed by atoms with Crippen LogP contribution in [0, 0.1) is 0 Å². The molecule has 0 bridgehead atoms. The number of hydrazine groups is 1. The zero-order chi connectivity index (χ0) is 19.2. The zero-order valence-corrected chi connectivity index (χ0v) is 15.8. The number of halogens is 1. The van der Waals surface area contributed by atoms with Crippen LogP contribution < -0.4 is 19.7 Å². The number of ether oxygens (including phenoxy) is 2. The van der Waals surface area contributed by atoms with E-state index in [4.69, 9.17) is 21.1 Å². The Labute approximate surface area is 157 Å². The van der Waals surface area contributed by atoms with Gasteiger partial charge in [0.2, 0.25) is 0 Å². The third kappa shape index (κ3) is 5.62. The maximum Gasteiger partial charge on any atom is 0.275 e. The van der Waals surface area contributed by atoms with Gasteiger partial charge >= 0.3 is 0 Å². The molecule has 0 aliphatic heterocycles. The highest BCUT2D eigenvalue weighted by Crippen LogP contribution is 2.18. The molecule has 1 amide bonds. The summed E-state index contributed by atoms with van der Waals surface area (Å²) in [6.07, 6.45) is -0.916. The number of sulfonamides is 1. The van der Waals surface area contributed by atoms with E-state index < -0.39 is 22.0 Å². The van der Waals surface area contributed by atoms with Crippen LogP contribution >= 0.6 is 11.6 Å². The molecule has 9 heteroatoms. The number of rotatable bonds is 8. The maximum atomic E-state index is 12.1. The highest BCUT2D eigenvalue weighted by Gasteiger charge is 2.19. The van der Waals surface area contributed by atoms with Crippen molar-refractivity contribution in [1.82, 2.24) is 10.3 Å². The third-order valence-electron chi connectivity index (χ3n) is 3.25. The normalized spacial score (nSPS) is 12.3. The van der Waals surface area contributed by atoms with E-state index >= 15 is 0 Å². The second-order valence-corrected chi connectivity index (χ2v) is 7.33. The highest BCUT2D eigenvalue weighted by atomic mass is 35.5. The number of amides is 1. The Kier molecular flexibility index (Phi) is 6.84. The Morgan fingerprint density at radius 2 is 1.65 bits per heavy atom. The number of hydrogen-bond donors (Lipinski definition) is 2. The minimum atomic E-state index is -3.90. The van der Waals surface area contributed by atoms with Gasteiger partial charge in [-0.3, -0.25) is 10.2 Å². The van der Waals surface area contributed by atoms with Crippen LogP contribution in [0.15, 0.2) is 53.4 Å². The van der Waals surface area contributed by atoms with E-state index in [1.807, 2.05) is 11.8 Å². The molecule has 0 heterocycles. The summed E-state index contributed by atoms with van der Waals surface area (Å²) < 4.78 is 35.0. The van der Waals surface area contributed by atoms with Crippen LogP contribution in [0.3, 0.4) is 0 Å². The van der Waals surface area contributed by atoms with E-state index in [1.165, 1.54) is 31.2 Å². The first-order valence-corrected chi connectivity index (χ1v) is 9.64. The minimum absolute atomic E-state index is 0.0257. The van der Waals surface area contributed by atoms with Gasteiger partial charge < -0.3 is 9.47 Å². The van der Waals surface area contributed by atoms with Crippen molar-refractivity contribution >= 4 is 27.5 Å². The Bertz CT molecular complexity index is 838. The van der Waals surface area contributed by atoms with Crippen molar-refractivity contribution in [2.45, 2.75) is 24.8 Å². The number of carbonyl (C=O) groups excluding carboxylic acids is 1. The number of benzene rings is 2. The molecule has 0 aliphatic rings. The Morgan fingerprint density at radius 3 is 2.23 bits per heavy atom. The molecule has 0 aliphatic carbocycles. The fourth-order valence-electron chi connectivity index (χ4n) is 1.93. The summed E-state index contributed by atoms with van der Waals surface area (Å²) in [6, 6.07) is 12.3. The van der Waals surface area contributed by atoms with E-state index in [2.05, 4.69) is 5.43 Å². The molecule has 7 nitrogen and oxygen atoms in total. The summed E-state index contributed by atoms with van der Waals surface area (Å²) in [6.45, 7) is 3.93. The van der Waals surface area contributed by atoms with Gasteiger partial charge in [0.1, 0.15) is 11.5 Å². The van der Waals surface area contributed by atoms with Crippen molar-refractivity contribution in [3.8, 4) is 11.5 Å². The molecule has 0 fully saturated rings. The molecule has 0 saturated heterocycles. The van der Waals surface area contributed by atoms with Gasteiger partial charge in [0, 0.05) is 5.02 Å². The summed E-state index contributed by atoms with van der Waals surface area (Å²) in [5, 5.41) is 0.408. The van der Waals surface area contributed by atoms with Crippen molar-refractivity contribution in [2.75, 3.05) is 6.61 Å². The third-order valence-corrected chi connectivity index (χ3v) is 4.76. The predicted octanol–water partition coefficient (Wildman–Crippen LogP) is 2.52. The lowest BCUT2D eigenvalue weighted by Gasteiger charge is -2.15. The van der Waals surface area contributed by atoms with Crippen LogP contribution in [-0.4, -0.2) is 27.0 Å². The van der Waals surface area contributed by atoms with E-state index in [9.17, 15) is 13.2 Å². The lowest BCUT2D eigenvalue weighted by molar-refractivity contribution is -0.127. The van der Waals surface area contributed by atoms with Crippen molar-refractivity contribution in [3.63, 3.8) is 0 Å². The van der Waals surface area contributed by atoms with Crippen molar-refractivity contribution in [1.29, 1.82) is 0 Å². The second-order valence-electron chi connectivity index (χ2n) is 5.21. The summed E-state index contributed by atoms with van der Waals surface area (Å²) in [5.41, 5.74) is 2.13. The minimum Gasteiger partial charge on any atom is -0.494 e. The van der Waals surface area contributed by atoms with Crippen LogP contribution in [0.2, 0.25) is 5.02 Å². The summed E-state index contributed by atoms with van der Waals surface area (Å²) in [7, 11) is -3.90. The maximum absolute atomic E-state index is 12.1. The first-order chi connectivity index (χ1) is 12.3. The summed E-state index contributed by atoms with van der Waals surface area (Å²) in [4.78, 5) is 14.0. The first kappa shape index (κ1) is 20.0. The van der Waals surface area contributed by atoms with Crippen LogP contribution in [0.5, 0.6) is 11.5 Å². The van der Waals surface area contributed by atoms with Crippen LogP contribution in [0.4, 0.5) is 0 Å². The quantitative estimate of drug-likeness (QED) is 0.666. The Morgan fingerprint density at radius 1 is 1.08 bits per heavy atom. The van der Waals surface area contributed by atoms with Gasteiger partial charge in [0.15, 0.2) is 6.10 Å². The highest BCUT2D eigenvalue weighted by molar-refractivity contribution is 7.89. The zero-order valence-electron chi connectivity index (χ0n) is 14.2. The molecule has 26 heavy (non-hydrogen) atoms. The summed E-state index contributed by atoms with van der Waals surface area (Å²) >= 11 is 5.73. The smallest absolute Gasteiger partial charge is 0.275 e. The van der Waals surface area contributed by atoms with Crippen LogP contribution in [-0.2, 0) is 14.8 Å². The van der Waals surface area contributed by atoms with Crippen LogP contribution in [0.25, 0.3) is 0 Å². The lowest BCUT2D eigenvalue weighted by Crippen LogP contribution is -2.47. The van der Waals surface area contributed by atoms with E-state index in [1.54, 1.807) is 24.3 Å². The van der Waals surface area contributed by atoms with Gasteiger partial charge in [-0.2, -0.15) is 0 Å². The standard InChI is InChI=1S/C17H19ClN2O5S/c1-3-24-14-6-8-15(9-7-14)25-12(2)17(21)19-20-26(22,23)16-10-4-13(18)5-11-16/h4-12,20H,3H2,1-2H3,(H,19,21)/t12-/m0/s1. The van der Waals surface area contributed by atoms with Gasteiger partial charge in [-0.05, 0) is 62.4 Å². The average molecular weight is 399 g/mol. The predicted molar refractivity (Wildman–Crippen MR) is 97.6 cm³/mol. The van der Waals surface area contributed by atoms with Gasteiger partial charge in [-0.15, -0.1) is 4.83 Å². The molecule has 2 aromatic rings. The Hall–Kier alpha value is -2.29. The van der Waals surface area contributed by atoms with Gasteiger partial charge in [-0.25, -0.2) is 8.42 Å². The molecule has 2 rings (SSSR count). The van der Waals surface area contributed by atoms with E-state index in [-0.39, 0.29) is 4.90 Å². The van der Waals surface area contributed by atoms with Crippen LogP contribution in [0.1, 0.15) is 13.8 Å². The number of carbonyl (C=O) groups is 1. The fraction of sp³-hybridized carbons (Fsp3) is 0.235. The summed E-state index contributed by atoms with van der Waals surface area (Å²) in [5.74, 6) is 0.501. The van der Waals surface area contributed by atoms with E-state index in [0.717, 1.165) is 0 Å². The fourth-order valence-corrected chi connectivity index (χ4v) is 2.90.